The molecule has 16 heavy (non-hydrogen) atoms. The molecule has 3 nitrogen and oxygen atoms in total. The van der Waals surface area contributed by atoms with Crippen molar-refractivity contribution in [2.24, 2.45) is 0 Å². The van der Waals surface area contributed by atoms with Gasteiger partial charge in [0.1, 0.15) is 11.6 Å². The second-order valence-corrected chi connectivity index (χ2v) is 3.22. The van der Waals surface area contributed by atoms with E-state index < -0.39 is 23.6 Å². The van der Waals surface area contributed by atoms with Crippen molar-refractivity contribution in [1.29, 1.82) is 0 Å². The van der Waals surface area contributed by atoms with Crippen LogP contribution in [0.2, 0.25) is 0 Å². The first kappa shape index (κ1) is 12.0. The van der Waals surface area contributed by atoms with E-state index in [0.29, 0.717) is 6.07 Å². The topological polar surface area (TPSA) is 55.1 Å². The van der Waals surface area contributed by atoms with Gasteiger partial charge >= 0.3 is 0 Å². The Kier molecular flexibility index (Phi) is 3.46. The fourth-order valence-corrected chi connectivity index (χ4v) is 1.06. The lowest BCUT2D eigenvalue weighted by atomic mass is 10.1. The SMILES string of the molecule is C#CC(C)NC(=O)c1cc(N)c(F)cc1F. The predicted octanol–water partition coefficient (Wildman–Crippen LogP) is 1.30. The molecule has 1 atom stereocenters. The Hall–Kier alpha value is -2.09. The number of rotatable bonds is 2. The third kappa shape index (κ3) is 2.48. The maximum absolute atomic E-state index is 13.2. The first-order valence-electron chi connectivity index (χ1n) is 4.47. The summed E-state index contributed by atoms with van der Waals surface area (Å²) in [5, 5.41) is 2.34. The number of nitrogens with two attached hydrogens (primary N) is 1. The summed E-state index contributed by atoms with van der Waals surface area (Å²) in [5.74, 6) is -0.358. The summed E-state index contributed by atoms with van der Waals surface area (Å²) in [6, 6.07) is 0.951. The smallest absolute Gasteiger partial charge is 0.255 e. The molecule has 0 fully saturated rings. The fourth-order valence-electron chi connectivity index (χ4n) is 1.06. The van der Waals surface area contributed by atoms with Crippen molar-refractivity contribution in [3.05, 3.63) is 29.3 Å². The molecule has 0 saturated carbocycles. The molecular formula is C11H10F2N2O. The molecule has 0 aliphatic rings. The van der Waals surface area contributed by atoms with Gasteiger partial charge in [-0.1, -0.05) is 5.92 Å². The molecule has 0 aliphatic carbocycles. The van der Waals surface area contributed by atoms with Crippen LogP contribution in [0, 0.1) is 24.0 Å². The Morgan fingerprint density at radius 1 is 1.50 bits per heavy atom. The van der Waals surface area contributed by atoms with E-state index in [-0.39, 0.29) is 11.3 Å². The number of nitrogens with one attached hydrogen (secondary N) is 1. The van der Waals surface area contributed by atoms with Crippen LogP contribution in [0.4, 0.5) is 14.5 Å². The van der Waals surface area contributed by atoms with Crippen LogP contribution in [-0.2, 0) is 0 Å². The second kappa shape index (κ2) is 4.62. The lowest BCUT2D eigenvalue weighted by molar-refractivity contribution is 0.0944. The van der Waals surface area contributed by atoms with Gasteiger partial charge in [0, 0.05) is 6.07 Å². The van der Waals surface area contributed by atoms with E-state index >= 15 is 0 Å². The minimum Gasteiger partial charge on any atom is -0.396 e. The van der Waals surface area contributed by atoms with Crippen LogP contribution in [0.3, 0.4) is 0 Å². The number of terminal acetylenes is 1. The van der Waals surface area contributed by atoms with Gasteiger partial charge in [-0.25, -0.2) is 8.78 Å². The maximum atomic E-state index is 13.2. The van der Waals surface area contributed by atoms with E-state index in [0.717, 1.165) is 6.07 Å². The van der Waals surface area contributed by atoms with Crippen LogP contribution < -0.4 is 11.1 Å². The molecule has 0 spiro atoms. The third-order valence-corrected chi connectivity index (χ3v) is 1.93. The van der Waals surface area contributed by atoms with E-state index in [1.807, 2.05) is 0 Å². The summed E-state index contributed by atoms with van der Waals surface area (Å²) in [6.45, 7) is 1.56. The standard InChI is InChI=1S/C11H10F2N2O/c1-3-6(2)15-11(16)7-4-10(14)9(13)5-8(7)12/h1,4-6H,14H2,2H3,(H,15,16). The summed E-state index contributed by atoms with van der Waals surface area (Å²) in [7, 11) is 0. The van der Waals surface area contributed by atoms with E-state index in [2.05, 4.69) is 11.2 Å². The van der Waals surface area contributed by atoms with Crippen molar-refractivity contribution in [2.75, 3.05) is 5.73 Å². The van der Waals surface area contributed by atoms with Crippen LogP contribution in [0.5, 0.6) is 0 Å². The van der Waals surface area contributed by atoms with Crippen LogP contribution in [0.15, 0.2) is 12.1 Å². The number of nitrogen functional groups attached to an aromatic ring is 1. The Labute approximate surface area is 91.6 Å². The minimum atomic E-state index is -0.978. The lowest BCUT2D eigenvalue weighted by Crippen LogP contribution is -2.32. The number of hydrogen-bond donors (Lipinski definition) is 2. The van der Waals surface area contributed by atoms with Crippen LogP contribution in [0.25, 0.3) is 0 Å². The molecule has 1 unspecified atom stereocenters. The zero-order chi connectivity index (χ0) is 12.3. The van der Waals surface area contributed by atoms with Crippen LogP contribution in [0.1, 0.15) is 17.3 Å². The van der Waals surface area contributed by atoms with Crippen molar-refractivity contribution in [2.45, 2.75) is 13.0 Å². The molecule has 0 bridgehead atoms. The predicted molar refractivity (Wildman–Crippen MR) is 56.5 cm³/mol. The zero-order valence-electron chi connectivity index (χ0n) is 8.55. The number of hydrogen-bond acceptors (Lipinski definition) is 2. The molecule has 0 radical (unpaired) electrons. The molecule has 0 saturated heterocycles. The van der Waals surface area contributed by atoms with Crippen LogP contribution in [-0.4, -0.2) is 11.9 Å². The highest BCUT2D eigenvalue weighted by atomic mass is 19.1. The Morgan fingerprint density at radius 2 is 2.12 bits per heavy atom. The van der Waals surface area contributed by atoms with Crippen molar-refractivity contribution < 1.29 is 13.6 Å². The molecule has 1 rings (SSSR count). The minimum absolute atomic E-state index is 0.292. The van der Waals surface area contributed by atoms with Gasteiger partial charge in [0.25, 0.3) is 5.91 Å². The summed E-state index contributed by atoms with van der Waals surface area (Å²) >= 11 is 0. The molecule has 0 aromatic heterocycles. The van der Waals surface area contributed by atoms with Gasteiger partial charge in [-0.3, -0.25) is 4.79 Å². The van der Waals surface area contributed by atoms with Gasteiger partial charge in [0.2, 0.25) is 0 Å². The largest absolute Gasteiger partial charge is 0.396 e. The summed E-state index contributed by atoms with van der Waals surface area (Å²) in [5.41, 5.74) is 4.60. The van der Waals surface area contributed by atoms with Crippen LogP contribution >= 0.6 is 0 Å². The quantitative estimate of drug-likeness (QED) is 0.587. The Balaban J connectivity index is 3.01. The Morgan fingerprint density at radius 3 is 2.69 bits per heavy atom. The first-order chi connectivity index (χ1) is 7.45. The van der Waals surface area contributed by atoms with Gasteiger partial charge in [-0.2, -0.15) is 0 Å². The molecule has 0 aliphatic heterocycles. The molecular weight excluding hydrogens is 214 g/mol. The Bertz CT molecular complexity index is 466. The second-order valence-electron chi connectivity index (χ2n) is 3.22. The highest BCUT2D eigenvalue weighted by Crippen LogP contribution is 2.16. The molecule has 3 N–H and O–H groups in total. The van der Waals surface area contributed by atoms with Gasteiger partial charge in [-0.05, 0) is 13.0 Å². The molecule has 5 heteroatoms. The highest BCUT2D eigenvalue weighted by Gasteiger charge is 2.15. The number of carbonyl (C=O) groups excluding carboxylic acids is 1. The molecule has 84 valence electrons. The lowest BCUT2D eigenvalue weighted by Gasteiger charge is -2.09. The summed E-state index contributed by atoms with van der Waals surface area (Å²) in [4.78, 5) is 11.5. The van der Waals surface area contributed by atoms with E-state index in [1.54, 1.807) is 6.92 Å². The van der Waals surface area contributed by atoms with Gasteiger partial charge in [-0.15, -0.1) is 6.42 Å². The van der Waals surface area contributed by atoms with E-state index in [9.17, 15) is 13.6 Å². The molecule has 1 amide bonds. The summed E-state index contributed by atoms with van der Waals surface area (Å²) < 4.78 is 26.0. The van der Waals surface area contributed by atoms with Crippen molar-refractivity contribution in [3.63, 3.8) is 0 Å². The number of benzene rings is 1. The molecule has 1 aromatic rings. The van der Waals surface area contributed by atoms with Gasteiger partial charge < -0.3 is 11.1 Å². The van der Waals surface area contributed by atoms with E-state index in [4.69, 9.17) is 12.2 Å². The van der Waals surface area contributed by atoms with Gasteiger partial charge in [0.05, 0.1) is 17.3 Å². The highest BCUT2D eigenvalue weighted by molar-refractivity contribution is 5.95. The monoisotopic (exact) mass is 224 g/mol. The van der Waals surface area contributed by atoms with E-state index in [1.165, 1.54) is 0 Å². The third-order valence-electron chi connectivity index (χ3n) is 1.93. The average Bonchev–Trinajstić information content (AvgIpc) is 2.23. The number of amides is 1. The van der Waals surface area contributed by atoms with Gasteiger partial charge in [0.15, 0.2) is 0 Å². The first-order valence-corrected chi connectivity index (χ1v) is 4.47. The van der Waals surface area contributed by atoms with Crippen molar-refractivity contribution in [1.82, 2.24) is 5.32 Å². The number of halogens is 2. The number of carbonyl (C=O) groups is 1. The zero-order valence-corrected chi connectivity index (χ0v) is 8.55. The molecule has 0 heterocycles. The molecule has 1 aromatic carbocycles. The van der Waals surface area contributed by atoms with Crippen molar-refractivity contribution >= 4 is 11.6 Å². The summed E-state index contributed by atoms with van der Waals surface area (Å²) in [6.07, 6.45) is 5.05. The number of anilines is 1. The fraction of sp³-hybridized carbons (Fsp3) is 0.182. The van der Waals surface area contributed by atoms with Crippen molar-refractivity contribution in [3.8, 4) is 12.3 Å². The maximum Gasteiger partial charge on any atom is 0.255 e. The normalized spacial score (nSPS) is 11.6. The average molecular weight is 224 g/mol.